The van der Waals surface area contributed by atoms with Crippen LogP contribution in [0.5, 0.6) is 0 Å². The molecule has 2 aliphatic heterocycles. The van der Waals surface area contributed by atoms with E-state index in [1.807, 2.05) is 0 Å². The molecule has 90 valence electrons. The molecule has 16 heavy (non-hydrogen) atoms. The molecule has 1 aliphatic carbocycles. The zero-order valence-electron chi connectivity index (χ0n) is 10.2. The van der Waals surface area contributed by atoms with E-state index in [4.69, 9.17) is 5.73 Å². The van der Waals surface area contributed by atoms with Gasteiger partial charge in [-0.15, -0.1) is 0 Å². The minimum atomic E-state index is 0.289. The maximum absolute atomic E-state index is 6.05. The average molecular weight is 222 g/mol. The third-order valence-electron chi connectivity index (χ3n) is 4.44. The quantitative estimate of drug-likeness (QED) is 0.745. The Labute approximate surface area is 97.5 Å². The van der Waals surface area contributed by atoms with Gasteiger partial charge in [0.1, 0.15) is 0 Å². The van der Waals surface area contributed by atoms with Crippen molar-refractivity contribution in [3.05, 3.63) is 0 Å². The van der Waals surface area contributed by atoms with E-state index in [2.05, 4.69) is 21.7 Å². The molecule has 0 aromatic carbocycles. The molecule has 0 radical (unpaired) electrons. The number of nitrogens with two attached hydrogens (primary N) is 1. The average Bonchev–Trinajstić information content (AvgIpc) is 3.08. The van der Waals surface area contributed by atoms with Crippen LogP contribution < -0.4 is 5.73 Å². The molecule has 2 N–H and O–H groups in total. The first kappa shape index (κ1) is 10.4. The van der Waals surface area contributed by atoms with Crippen molar-refractivity contribution in [3.8, 4) is 0 Å². The lowest BCUT2D eigenvalue weighted by Gasteiger charge is -2.45. The molecule has 0 amide bonds. The molecule has 0 atom stereocenters. The van der Waals surface area contributed by atoms with Crippen molar-refractivity contribution in [2.75, 3.05) is 26.2 Å². The molecule has 4 nitrogen and oxygen atoms in total. The Morgan fingerprint density at radius 1 is 1.38 bits per heavy atom. The lowest BCUT2D eigenvalue weighted by atomic mass is 9.86. The van der Waals surface area contributed by atoms with Crippen molar-refractivity contribution in [2.45, 2.75) is 44.2 Å². The summed E-state index contributed by atoms with van der Waals surface area (Å²) >= 11 is 0. The van der Waals surface area contributed by atoms with E-state index in [-0.39, 0.29) is 5.54 Å². The van der Waals surface area contributed by atoms with E-state index in [1.54, 1.807) is 0 Å². The van der Waals surface area contributed by atoms with Crippen LogP contribution in [-0.4, -0.2) is 53.5 Å². The van der Waals surface area contributed by atoms with Crippen molar-refractivity contribution in [3.63, 3.8) is 0 Å². The number of piperidine rings is 1. The molecular weight excluding hydrogens is 200 g/mol. The second-order valence-corrected chi connectivity index (χ2v) is 5.43. The highest BCUT2D eigenvalue weighted by atomic mass is 15.4. The van der Waals surface area contributed by atoms with Crippen LogP contribution in [-0.2, 0) is 0 Å². The molecule has 3 rings (SSSR count). The number of rotatable bonds is 2. The summed E-state index contributed by atoms with van der Waals surface area (Å²) < 4.78 is 0. The number of hydrogen-bond donors (Lipinski definition) is 1. The topological polar surface area (TPSA) is 44.9 Å². The fraction of sp³-hybridized carbons (Fsp3) is 0.917. The summed E-state index contributed by atoms with van der Waals surface area (Å²) in [6.45, 7) is 6.78. The first-order valence-electron chi connectivity index (χ1n) is 6.57. The van der Waals surface area contributed by atoms with Crippen molar-refractivity contribution in [1.82, 2.24) is 9.80 Å². The van der Waals surface area contributed by atoms with Gasteiger partial charge in [-0.2, -0.15) is 0 Å². The molecule has 0 aromatic rings. The predicted octanol–water partition coefficient (Wildman–Crippen LogP) is 0.634. The lowest BCUT2D eigenvalue weighted by Crippen LogP contribution is -2.57. The van der Waals surface area contributed by atoms with Gasteiger partial charge >= 0.3 is 0 Å². The Kier molecular flexibility index (Phi) is 2.35. The van der Waals surface area contributed by atoms with E-state index in [0.717, 1.165) is 12.5 Å². The van der Waals surface area contributed by atoms with Crippen LogP contribution in [0.1, 0.15) is 32.6 Å². The SMILES string of the molecule is CCN1CCC2(CC1)CN=C(N)N2C1CC1. The Bertz CT molecular complexity index is 300. The van der Waals surface area contributed by atoms with Gasteiger partial charge in [0.05, 0.1) is 12.1 Å². The largest absolute Gasteiger partial charge is 0.370 e. The smallest absolute Gasteiger partial charge is 0.192 e. The van der Waals surface area contributed by atoms with Crippen LogP contribution in [0.2, 0.25) is 0 Å². The van der Waals surface area contributed by atoms with Gasteiger partial charge in [0.25, 0.3) is 0 Å². The molecule has 2 fully saturated rings. The maximum Gasteiger partial charge on any atom is 0.192 e. The maximum atomic E-state index is 6.05. The number of guanidine groups is 1. The Hall–Kier alpha value is -0.770. The van der Waals surface area contributed by atoms with E-state index in [9.17, 15) is 0 Å². The third kappa shape index (κ3) is 1.51. The van der Waals surface area contributed by atoms with Crippen LogP contribution in [0.4, 0.5) is 0 Å². The Balaban J connectivity index is 1.74. The van der Waals surface area contributed by atoms with Crippen molar-refractivity contribution < 1.29 is 0 Å². The van der Waals surface area contributed by atoms with Crippen LogP contribution in [0, 0.1) is 0 Å². The van der Waals surface area contributed by atoms with Gasteiger partial charge in [-0.25, -0.2) is 0 Å². The summed E-state index contributed by atoms with van der Waals surface area (Å²) in [6.07, 6.45) is 5.11. The monoisotopic (exact) mass is 222 g/mol. The lowest BCUT2D eigenvalue weighted by molar-refractivity contribution is 0.0843. The molecule has 3 aliphatic rings. The molecule has 0 aromatic heterocycles. The van der Waals surface area contributed by atoms with E-state index in [0.29, 0.717) is 6.04 Å². The number of likely N-dealkylation sites (tertiary alicyclic amines) is 1. The Morgan fingerprint density at radius 2 is 2.06 bits per heavy atom. The van der Waals surface area contributed by atoms with Gasteiger partial charge in [0, 0.05) is 19.1 Å². The minimum Gasteiger partial charge on any atom is -0.370 e. The molecule has 2 heterocycles. The van der Waals surface area contributed by atoms with Crippen LogP contribution in [0.15, 0.2) is 4.99 Å². The molecule has 0 bridgehead atoms. The van der Waals surface area contributed by atoms with Crippen molar-refractivity contribution >= 4 is 5.96 Å². The summed E-state index contributed by atoms with van der Waals surface area (Å²) in [5, 5.41) is 0. The highest BCUT2D eigenvalue weighted by Crippen LogP contribution is 2.40. The summed E-state index contributed by atoms with van der Waals surface area (Å²) in [4.78, 5) is 9.50. The molecule has 4 heteroatoms. The summed E-state index contributed by atoms with van der Waals surface area (Å²) in [6, 6.07) is 0.708. The summed E-state index contributed by atoms with van der Waals surface area (Å²) in [7, 11) is 0. The van der Waals surface area contributed by atoms with E-state index < -0.39 is 0 Å². The van der Waals surface area contributed by atoms with Gasteiger partial charge in [-0.05, 0) is 32.2 Å². The van der Waals surface area contributed by atoms with Gasteiger partial charge in [-0.1, -0.05) is 6.92 Å². The highest BCUT2D eigenvalue weighted by Gasteiger charge is 2.49. The van der Waals surface area contributed by atoms with Gasteiger partial charge < -0.3 is 15.5 Å². The van der Waals surface area contributed by atoms with Gasteiger partial charge in [0.15, 0.2) is 5.96 Å². The van der Waals surface area contributed by atoms with Crippen LogP contribution >= 0.6 is 0 Å². The summed E-state index contributed by atoms with van der Waals surface area (Å²) in [5.74, 6) is 0.812. The fourth-order valence-electron chi connectivity index (χ4n) is 3.22. The molecule has 1 saturated carbocycles. The summed E-state index contributed by atoms with van der Waals surface area (Å²) in [5.41, 5.74) is 6.34. The van der Waals surface area contributed by atoms with E-state index in [1.165, 1.54) is 45.3 Å². The van der Waals surface area contributed by atoms with Gasteiger partial charge in [-0.3, -0.25) is 4.99 Å². The molecule has 1 spiro atoms. The van der Waals surface area contributed by atoms with E-state index >= 15 is 0 Å². The first-order valence-corrected chi connectivity index (χ1v) is 6.57. The molecule has 0 unspecified atom stereocenters. The standard InChI is InChI=1S/C12H22N4/c1-2-15-7-5-12(6-8-15)9-14-11(13)16(12)10-3-4-10/h10H,2-9H2,1H3,(H2,13,14). The predicted molar refractivity (Wildman–Crippen MR) is 65.4 cm³/mol. The van der Waals surface area contributed by atoms with Crippen LogP contribution in [0.3, 0.4) is 0 Å². The number of nitrogens with zero attached hydrogens (tertiary/aromatic N) is 3. The second kappa shape index (κ2) is 3.62. The normalized spacial score (nSPS) is 29.8. The Morgan fingerprint density at radius 3 is 2.62 bits per heavy atom. The molecular formula is C12H22N4. The van der Waals surface area contributed by atoms with Gasteiger partial charge in [0.2, 0.25) is 0 Å². The highest BCUT2D eigenvalue weighted by molar-refractivity contribution is 5.81. The fourth-order valence-corrected chi connectivity index (χ4v) is 3.22. The third-order valence-corrected chi connectivity index (χ3v) is 4.44. The zero-order chi connectivity index (χ0) is 11.2. The minimum absolute atomic E-state index is 0.289. The second-order valence-electron chi connectivity index (χ2n) is 5.43. The van der Waals surface area contributed by atoms with Crippen molar-refractivity contribution in [2.24, 2.45) is 10.7 Å². The number of hydrogen-bond acceptors (Lipinski definition) is 4. The van der Waals surface area contributed by atoms with Crippen LogP contribution in [0.25, 0.3) is 0 Å². The zero-order valence-corrected chi connectivity index (χ0v) is 10.2. The molecule has 1 saturated heterocycles. The van der Waals surface area contributed by atoms with Crippen molar-refractivity contribution in [1.29, 1.82) is 0 Å². The first-order chi connectivity index (χ1) is 7.75. The number of aliphatic imine (C=N–C) groups is 1.